The van der Waals surface area contributed by atoms with Crippen molar-refractivity contribution in [2.45, 2.75) is 6.92 Å². The fraction of sp³-hybridized carbons (Fsp3) is 0.0625. The molecule has 0 spiro atoms. The molecule has 0 aliphatic carbocycles. The van der Waals surface area contributed by atoms with E-state index in [1.165, 1.54) is 16.2 Å². The van der Waals surface area contributed by atoms with Gasteiger partial charge in [0.25, 0.3) is 11.8 Å². The standard InChI is InChI=1S/C16H10Cl2N2O2S2/c1-8-5-6-9(24-8)7-10-14(21)19-16(23)20(15(10)22)12-4-2-3-11(17)13(12)18/h2-7H,1H3,(H,19,21,23). The van der Waals surface area contributed by atoms with Crippen LogP contribution in [0.3, 0.4) is 0 Å². The smallest absolute Gasteiger partial charge is 0.270 e. The highest BCUT2D eigenvalue weighted by Gasteiger charge is 2.35. The minimum atomic E-state index is -0.543. The molecule has 0 radical (unpaired) electrons. The van der Waals surface area contributed by atoms with Crippen molar-refractivity contribution in [3.05, 3.63) is 55.7 Å². The quantitative estimate of drug-likeness (QED) is 0.470. The topological polar surface area (TPSA) is 49.4 Å². The highest BCUT2D eigenvalue weighted by Crippen LogP contribution is 2.34. The zero-order valence-corrected chi connectivity index (χ0v) is 15.4. The number of carbonyl (C=O) groups is 2. The van der Waals surface area contributed by atoms with Crippen molar-refractivity contribution in [2.75, 3.05) is 4.90 Å². The second kappa shape index (κ2) is 6.64. The Morgan fingerprint density at radius 3 is 2.62 bits per heavy atom. The minimum Gasteiger partial charge on any atom is -0.298 e. The Bertz CT molecular complexity index is 905. The summed E-state index contributed by atoms with van der Waals surface area (Å²) < 4.78 is 0. The van der Waals surface area contributed by atoms with Crippen LogP contribution in [0.5, 0.6) is 0 Å². The van der Waals surface area contributed by atoms with Crippen molar-refractivity contribution < 1.29 is 9.59 Å². The second-order valence-electron chi connectivity index (χ2n) is 4.98. The Morgan fingerprint density at radius 2 is 1.96 bits per heavy atom. The molecule has 0 bridgehead atoms. The summed E-state index contributed by atoms with van der Waals surface area (Å²) in [5.74, 6) is -1.08. The van der Waals surface area contributed by atoms with Gasteiger partial charge in [0, 0.05) is 9.75 Å². The molecule has 1 aliphatic rings. The zero-order chi connectivity index (χ0) is 17.4. The Morgan fingerprint density at radius 1 is 1.21 bits per heavy atom. The Balaban J connectivity index is 2.06. The summed E-state index contributed by atoms with van der Waals surface area (Å²) in [4.78, 5) is 28.1. The maximum absolute atomic E-state index is 12.8. The predicted octanol–water partition coefficient (Wildman–Crippen LogP) is 4.19. The van der Waals surface area contributed by atoms with Gasteiger partial charge in [0.2, 0.25) is 0 Å². The zero-order valence-electron chi connectivity index (χ0n) is 12.3. The molecule has 2 heterocycles. The first-order chi connectivity index (χ1) is 11.4. The molecule has 0 unspecified atom stereocenters. The molecule has 24 heavy (non-hydrogen) atoms. The fourth-order valence-electron chi connectivity index (χ4n) is 2.21. The van der Waals surface area contributed by atoms with Gasteiger partial charge in [0.15, 0.2) is 5.11 Å². The first-order valence-corrected chi connectivity index (χ1v) is 8.78. The summed E-state index contributed by atoms with van der Waals surface area (Å²) in [6.45, 7) is 1.95. The maximum Gasteiger partial charge on any atom is 0.270 e. The van der Waals surface area contributed by atoms with Crippen LogP contribution in [0.2, 0.25) is 10.0 Å². The van der Waals surface area contributed by atoms with Crippen molar-refractivity contribution in [3.63, 3.8) is 0 Å². The molecular formula is C16H10Cl2N2O2S2. The number of amides is 2. The summed E-state index contributed by atoms with van der Waals surface area (Å²) >= 11 is 18.8. The summed E-state index contributed by atoms with van der Waals surface area (Å²) in [5, 5.41) is 2.97. The first kappa shape index (κ1) is 17.1. The second-order valence-corrected chi connectivity index (χ2v) is 7.47. The molecule has 4 nitrogen and oxygen atoms in total. The monoisotopic (exact) mass is 396 g/mol. The molecule has 0 atom stereocenters. The molecule has 1 aromatic heterocycles. The van der Waals surface area contributed by atoms with E-state index >= 15 is 0 Å². The lowest BCUT2D eigenvalue weighted by Crippen LogP contribution is -2.54. The molecule has 2 aromatic rings. The average Bonchev–Trinajstić information content (AvgIpc) is 2.93. The summed E-state index contributed by atoms with van der Waals surface area (Å²) in [6.07, 6.45) is 1.54. The lowest BCUT2D eigenvalue weighted by molar-refractivity contribution is -0.122. The molecule has 122 valence electrons. The van der Waals surface area contributed by atoms with Crippen LogP contribution in [0.1, 0.15) is 9.75 Å². The van der Waals surface area contributed by atoms with Crippen LogP contribution in [-0.2, 0) is 9.59 Å². The number of anilines is 1. The summed E-state index contributed by atoms with van der Waals surface area (Å²) in [6, 6.07) is 8.63. The first-order valence-electron chi connectivity index (χ1n) is 6.80. The van der Waals surface area contributed by atoms with Crippen LogP contribution in [0.25, 0.3) is 6.08 Å². The van der Waals surface area contributed by atoms with Crippen LogP contribution >= 0.6 is 46.8 Å². The third kappa shape index (κ3) is 3.10. The van der Waals surface area contributed by atoms with E-state index < -0.39 is 11.8 Å². The Labute approximate surface area is 157 Å². The third-order valence-electron chi connectivity index (χ3n) is 3.32. The minimum absolute atomic E-state index is 0.0125. The molecule has 0 saturated carbocycles. The number of thiophene rings is 1. The van der Waals surface area contributed by atoms with E-state index in [-0.39, 0.29) is 15.7 Å². The van der Waals surface area contributed by atoms with E-state index in [0.29, 0.717) is 10.7 Å². The maximum atomic E-state index is 12.8. The van der Waals surface area contributed by atoms with E-state index in [4.69, 9.17) is 35.4 Å². The molecule has 1 aromatic carbocycles. The van der Waals surface area contributed by atoms with Crippen molar-refractivity contribution in [3.8, 4) is 0 Å². The van der Waals surface area contributed by atoms with E-state index in [9.17, 15) is 9.59 Å². The van der Waals surface area contributed by atoms with Gasteiger partial charge in [0.1, 0.15) is 5.57 Å². The van der Waals surface area contributed by atoms with Gasteiger partial charge in [-0.05, 0) is 49.5 Å². The van der Waals surface area contributed by atoms with Crippen LogP contribution in [0.15, 0.2) is 35.9 Å². The normalized spacial score (nSPS) is 16.7. The Kier molecular flexibility index (Phi) is 4.73. The number of thiocarbonyl (C=S) groups is 1. The largest absolute Gasteiger partial charge is 0.298 e. The molecule has 1 N–H and O–H groups in total. The van der Waals surface area contributed by atoms with Gasteiger partial charge in [-0.25, -0.2) is 0 Å². The lowest BCUT2D eigenvalue weighted by Gasteiger charge is -2.29. The van der Waals surface area contributed by atoms with Gasteiger partial charge < -0.3 is 0 Å². The van der Waals surface area contributed by atoms with E-state index in [1.54, 1.807) is 24.3 Å². The number of benzene rings is 1. The third-order valence-corrected chi connectivity index (χ3v) is 5.36. The number of nitrogens with zero attached hydrogens (tertiary/aromatic N) is 1. The van der Waals surface area contributed by atoms with Gasteiger partial charge in [-0.2, -0.15) is 0 Å². The Hall–Kier alpha value is -1.73. The van der Waals surface area contributed by atoms with Gasteiger partial charge in [-0.15, -0.1) is 11.3 Å². The van der Waals surface area contributed by atoms with E-state index in [2.05, 4.69) is 5.32 Å². The van der Waals surface area contributed by atoms with Crippen LogP contribution in [-0.4, -0.2) is 16.9 Å². The van der Waals surface area contributed by atoms with Crippen LogP contribution in [0.4, 0.5) is 5.69 Å². The number of carbonyl (C=O) groups excluding carboxylic acids is 2. The molecule has 8 heteroatoms. The molecule has 3 rings (SSSR count). The summed E-state index contributed by atoms with van der Waals surface area (Å²) in [5.41, 5.74) is 0.314. The van der Waals surface area contributed by atoms with Crippen molar-refractivity contribution in [2.24, 2.45) is 0 Å². The van der Waals surface area contributed by atoms with Crippen molar-refractivity contribution >= 4 is 75.4 Å². The number of nitrogens with one attached hydrogen (secondary N) is 1. The predicted molar refractivity (Wildman–Crippen MR) is 102 cm³/mol. The average molecular weight is 397 g/mol. The SMILES string of the molecule is Cc1ccc(C=C2C(=O)NC(=S)N(c3cccc(Cl)c3Cl)C2=O)s1. The van der Waals surface area contributed by atoms with Gasteiger partial charge in [-0.1, -0.05) is 29.3 Å². The molecule has 1 aliphatic heterocycles. The van der Waals surface area contributed by atoms with Crippen LogP contribution in [0, 0.1) is 6.92 Å². The van der Waals surface area contributed by atoms with E-state index in [0.717, 1.165) is 9.75 Å². The van der Waals surface area contributed by atoms with Crippen LogP contribution < -0.4 is 10.2 Å². The molecule has 1 fully saturated rings. The number of aryl methyl sites for hydroxylation is 1. The van der Waals surface area contributed by atoms with Gasteiger partial charge >= 0.3 is 0 Å². The van der Waals surface area contributed by atoms with Crippen molar-refractivity contribution in [1.82, 2.24) is 5.32 Å². The number of hydrogen-bond donors (Lipinski definition) is 1. The highest BCUT2D eigenvalue weighted by molar-refractivity contribution is 7.80. The number of rotatable bonds is 2. The molecule has 1 saturated heterocycles. The number of halogens is 2. The van der Waals surface area contributed by atoms with Gasteiger partial charge in [0.05, 0.1) is 15.7 Å². The molecular weight excluding hydrogens is 387 g/mol. The van der Waals surface area contributed by atoms with Crippen molar-refractivity contribution in [1.29, 1.82) is 0 Å². The van der Waals surface area contributed by atoms with E-state index in [1.807, 2.05) is 19.1 Å². The summed E-state index contributed by atoms with van der Waals surface area (Å²) in [7, 11) is 0. The fourth-order valence-corrected chi connectivity index (χ4v) is 3.69. The lowest BCUT2D eigenvalue weighted by atomic mass is 10.1. The van der Waals surface area contributed by atoms with Gasteiger partial charge in [-0.3, -0.25) is 19.8 Å². The molecule has 2 amide bonds. The number of hydrogen-bond acceptors (Lipinski definition) is 4. The highest BCUT2D eigenvalue weighted by atomic mass is 35.5.